The molecule has 3 aliphatic heterocycles. The molecule has 0 radical (unpaired) electrons. The zero-order valence-electron chi connectivity index (χ0n) is 18.4. The number of hydrogen-bond donors (Lipinski definition) is 2. The highest BCUT2D eigenvalue weighted by Crippen LogP contribution is 2.33. The van der Waals surface area contributed by atoms with Crippen LogP contribution < -0.4 is 5.32 Å². The van der Waals surface area contributed by atoms with Crippen LogP contribution >= 0.6 is 0 Å². The summed E-state index contributed by atoms with van der Waals surface area (Å²) < 4.78 is 43.3. The molecule has 3 aliphatic rings. The van der Waals surface area contributed by atoms with Gasteiger partial charge in [-0.15, -0.1) is 0 Å². The van der Waals surface area contributed by atoms with Gasteiger partial charge in [0.2, 0.25) is 5.91 Å². The van der Waals surface area contributed by atoms with Crippen LogP contribution in [0.15, 0.2) is 30.3 Å². The number of rotatable bonds is 5. The van der Waals surface area contributed by atoms with E-state index in [0.29, 0.717) is 11.8 Å². The molecule has 7 nitrogen and oxygen atoms in total. The lowest BCUT2D eigenvalue weighted by molar-refractivity contribution is -0.192. The molecule has 0 saturated carbocycles. The van der Waals surface area contributed by atoms with Crippen molar-refractivity contribution in [2.75, 3.05) is 32.8 Å². The lowest BCUT2D eigenvalue weighted by Crippen LogP contribution is -2.42. The van der Waals surface area contributed by atoms with Crippen LogP contribution in [0.2, 0.25) is 0 Å². The third-order valence-corrected chi connectivity index (χ3v) is 6.33. The minimum Gasteiger partial charge on any atom is -0.475 e. The Labute approximate surface area is 191 Å². The molecule has 0 unspecified atom stereocenters. The highest BCUT2D eigenvalue weighted by molar-refractivity contribution is 5.81. The van der Waals surface area contributed by atoms with E-state index in [1.807, 2.05) is 0 Å². The summed E-state index contributed by atoms with van der Waals surface area (Å²) in [5.41, 5.74) is 1.34. The van der Waals surface area contributed by atoms with E-state index in [4.69, 9.17) is 19.4 Å². The first-order valence-electron chi connectivity index (χ1n) is 11.3. The first-order valence-corrected chi connectivity index (χ1v) is 11.3. The molecule has 4 rings (SSSR count). The van der Waals surface area contributed by atoms with Gasteiger partial charge in [-0.05, 0) is 49.6 Å². The van der Waals surface area contributed by atoms with Crippen LogP contribution in [-0.4, -0.2) is 73.1 Å². The number of halogens is 3. The Balaban J connectivity index is 0.000000383. The van der Waals surface area contributed by atoms with Gasteiger partial charge in [-0.3, -0.25) is 9.69 Å². The normalized spacial score (nSPS) is 26.1. The number of carbonyl (C=O) groups is 2. The van der Waals surface area contributed by atoms with Gasteiger partial charge in [0.25, 0.3) is 0 Å². The molecule has 3 fully saturated rings. The minimum atomic E-state index is -5.08. The fourth-order valence-electron chi connectivity index (χ4n) is 4.46. The van der Waals surface area contributed by atoms with Crippen molar-refractivity contribution >= 4 is 11.9 Å². The number of likely N-dealkylation sites (tertiary alicyclic amines) is 1. The second kappa shape index (κ2) is 11.8. The Kier molecular flexibility index (Phi) is 9.10. The first-order chi connectivity index (χ1) is 15.7. The van der Waals surface area contributed by atoms with E-state index in [9.17, 15) is 18.0 Å². The average molecular weight is 473 g/mol. The largest absolute Gasteiger partial charge is 0.490 e. The summed E-state index contributed by atoms with van der Waals surface area (Å²) in [4.78, 5) is 23.9. The number of hydrogen-bond acceptors (Lipinski definition) is 5. The molecule has 0 aromatic heterocycles. The number of alkyl halides is 3. The molecular formula is C23H31F3N2O5. The van der Waals surface area contributed by atoms with E-state index in [1.54, 1.807) is 0 Å². The SMILES string of the molecule is O=C(NCC1CCOCC1)[C@@H]1C[C@@H]2CCN(Cc3ccccc3)C[C@H]2O1.O=C(O)C(F)(F)F. The van der Waals surface area contributed by atoms with E-state index in [-0.39, 0.29) is 18.1 Å². The molecule has 3 atom stereocenters. The van der Waals surface area contributed by atoms with Crippen LogP contribution in [0.5, 0.6) is 0 Å². The van der Waals surface area contributed by atoms with Crippen LogP contribution in [0, 0.1) is 11.8 Å². The summed E-state index contributed by atoms with van der Waals surface area (Å²) in [5, 5.41) is 10.2. The van der Waals surface area contributed by atoms with E-state index >= 15 is 0 Å². The number of aliphatic carboxylic acids is 1. The topological polar surface area (TPSA) is 88.1 Å². The van der Waals surface area contributed by atoms with Crippen molar-refractivity contribution in [2.24, 2.45) is 11.8 Å². The molecule has 10 heteroatoms. The Bertz CT molecular complexity index is 771. The summed E-state index contributed by atoms with van der Waals surface area (Å²) in [6, 6.07) is 10.6. The van der Waals surface area contributed by atoms with Gasteiger partial charge in [-0.25, -0.2) is 4.79 Å². The minimum absolute atomic E-state index is 0.0838. The summed E-state index contributed by atoms with van der Waals surface area (Å²) in [7, 11) is 0. The molecular weight excluding hydrogens is 441 g/mol. The van der Waals surface area contributed by atoms with Crippen molar-refractivity contribution < 1.29 is 37.3 Å². The molecule has 1 aromatic carbocycles. The molecule has 2 N–H and O–H groups in total. The number of amides is 1. The highest BCUT2D eigenvalue weighted by Gasteiger charge is 2.42. The Morgan fingerprint density at radius 2 is 1.79 bits per heavy atom. The summed E-state index contributed by atoms with van der Waals surface area (Å²) in [6.07, 6.45) is -1.05. The molecule has 184 valence electrons. The zero-order chi connectivity index (χ0) is 23.8. The van der Waals surface area contributed by atoms with Crippen molar-refractivity contribution in [2.45, 2.75) is 50.6 Å². The predicted octanol–water partition coefficient (Wildman–Crippen LogP) is 2.84. The van der Waals surface area contributed by atoms with Gasteiger partial charge < -0.3 is 19.9 Å². The third kappa shape index (κ3) is 7.97. The quantitative estimate of drug-likeness (QED) is 0.685. The lowest BCUT2D eigenvalue weighted by Gasteiger charge is -2.34. The maximum Gasteiger partial charge on any atom is 0.490 e. The van der Waals surface area contributed by atoms with Crippen LogP contribution in [0.4, 0.5) is 13.2 Å². The molecule has 1 amide bonds. The fraction of sp³-hybridized carbons (Fsp3) is 0.652. The number of benzene rings is 1. The number of fused-ring (bicyclic) bond motifs is 1. The van der Waals surface area contributed by atoms with Crippen molar-refractivity contribution in [3.63, 3.8) is 0 Å². The molecule has 0 spiro atoms. The lowest BCUT2D eigenvalue weighted by atomic mass is 9.91. The van der Waals surface area contributed by atoms with Gasteiger partial charge in [-0.1, -0.05) is 30.3 Å². The molecule has 33 heavy (non-hydrogen) atoms. The molecule has 0 bridgehead atoms. The summed E-state index contributed by atoms with van der Waals surface area (Å²) >= 11 is 0. The molecule has 3 saturated heterocycles. The van der Waals surface area contributed by atoms with Crippen LogP contribution in [-0.2, 0) is 25.6 Å². The molecule has 3 heterocycles. The van der Waals surface area contributed by atoms with Crippen LogP contribution in [0.3, 0.4) is 0 Å². The van der Waals surface area contributed by atoms with Gasteiger partial charge >= 0.3 is 12.1 Å². The standard InChI is InChI=1S/C21H30N2O3.C2HF3O2/c24-21(22-13-16-7-10-25-11-8-16)19-12-18-6-9-23(15-20(18)26-19)14-17-4-2-1-3-5-17;3-2(4,5)1(6)7/h1-5,16,18-20H,6-15H2,(H,22,24);(H,6,7)/t18-,19-,20+;/m0./s1. The van der Waals surface area contributed by atoms with Crippen molar-refractivity contribution in [3.8, 4) is 0 Å². The number of ether oxygens (including phenoxy) is 2. The number of carboxylic acid groups (broad SMARTS) is 1. The number of nitrogens with zero attached hydrogens (tertiary/aromatic N) is 1. The van der Waals surface area contributed by atoms with Crippen molar-refractivity contribution in [1.82, 2.24) is 10.2 Å². The highest BCUT2D eigenvalue weighted by atomic mass is 19.4. The number of carboxylic acids is 1. The van der Waals surface area contributed by atoms with Gasteiger partial charge in [-0.2, -0.15) is 13.2 Å². The maximum atomic E-state index is 12.5. The maximum absolute atomic E-state index is 12.5. The van der Waals surface area contributed by atoms with Crippen molar-refractivity contribution in [1.29, 1.82) is 0 Å². The summed E-state index contributed by atoms with van der Waals surface area (Å²) in [5.74, 6) is -1.59. The van der Waals surface area contributed by atoms with E-state index in [1.165, 1.54) is 5.56 Å². The Hall–Kier alpha value is -2.17. The molecule has 1 aromatic rings. The summed E-state index contributed by atoms with van der Waals surface area (Å²) in [6.45, 7) is 5.40. The third-order valence-electron chi connectivity index (χ3n) is 6.33. The predicted molar refractivity (Wildman–Crippen MR) is 113 cm³/mol. The van der Waals surface area contributed by atoms with Gasteiger partial charge in [0, 0.05) is 32.8 Å². The number of carbonyl (C=O) groups excluding carboxylic acids is 1. The second-order valence-corrected chi connectivity index (χ2v) is 8.77. The molecule has 0 aliphatic carbocycles. The van der Waals surface area contributed by atoms with Gasteiger partial charge in [0.05, 0.1) is 6.10 Å². The van der Waals surface area contributed by atoms with E-state index < -0.39 is 12.1 Å². The first kappa shape index (κ1) is 25.5. The van der Waals surface area contributed by atoms with Gasteiger partial charge in [0.15, 0.2) is 0 Å². The van der Waals surface area contributed by atoms with Crippen molar-refractivity contribution in [3.05, 3.63) is 35.9 Å². The second-order valence-electron chi connectivity index (χ2n) is 8.77. The Morgan fingerprint density at radius 1 is 1.12 bits per heavy atom. The smallest absolute Gasteiger partial charge is 0.475 e. The van der Waals surface area contributed by atoms with Crippen LogP contribution in [0.25, 0.3) is 0 Å². The van der Waals surface area contributed by atoms with E-state index in [2.05, 4.69) is 40.5 Å². The van der Waals surface area contributed by atoms with E-state index in [0.717, 1.165) is 65.1 Å². The van der Waals surface area contributed by atoms with Crippen LogP contribution in [0.1, 0.15) is 31.2 Å². The number of nitrogens with one attached hydrogen (secondary N) is 1. The average Bonchev–Trinajstić information content (AvgIpc) is 3.22. The monoisotopic (exact) mass is 472 g/mol. The Morgan fingerprint density at radius 3 is 2.42 bits per heavy atom. The number of piperidine rings is 1. The van der Waals surface area contributed by atoms with Gasteiger partial charge in [0.1, 0.15) is 6.10 Å². The fourth-order valence-corrected chi connectivity index (χ4v) is 4.46. The zero-order valence-corrected chi connectivity index (χ0v) is 18.4.